The molecule has 0 fully saturated rings. The van der Waals surface area contributed by atoms with Crippen molar-refractivity contribution in [1.29, 1.82) is 0 Å². The molecule has 0 saturated carbocycles. The topological polar surface area (TPSA) is 57.8 Å². The van der Waals surface area contributed by atoms with Gasteiger partial charge in [-0.25, -0.2) is 13.8 Å². The number of imidazole rings is 1. The third kappa shape index (κ3) is 3.63. The Hall–Kier alpha value is -1.76. The quantitative estimate of drug-likeness (QED) is 0.820. The van der Waals surface area contributed by atoms with Gasteiger partial charge in [0.1, 0.15) is 23.0 Å². The molecule has 2 N–H and O–H groups in total. The summed E-state index contributed by atoms with van der Waals surface area (Å²) in [6.45, 7) is 0.314. The fourth-order valence-corrected chi connectivity index (χ4v) is 2.14. The molecule has 0 aliphatic heterocycles. The number of aromatic nitrogens is 2. The molecule has 0 bridgehead atoms. The Morgan fingerprint density at radius 2 is 2.05 bits per heavy atom. The van der Waals surface area contributed by atoms with Gasteiger partial charge in [-0.3, -0.25) is 4.79 Å². The van der Waals surface area contributed by atoms with E-state index >= 15 is 0 Å². The van der Waals surface area contributed by atoms with Gasteiger partial charge in [0.05, 0.1) is 0 Å². The Morgan fingerprint density at radius 3 is 2.65 bits per heavy atom. The summed E-state index contributed by atoms with van der Waals surface area (Å²) in [5.41, 5.74) is -0.564. The molecule has 7 heteroatoms. The van der Waals surface area contributed by atoms with E-state index in [1.165, 1.54) is 0 Å². The summed E-state index contributed by atoms with van der Waals surface area (Å²) in [6.07, 6.45) is 4.62. The number of nitrogens with zero attached hydrogens (tertiary/aromatic N) is 1. The lowest BCUT2D eigenvalue weighted by atomic mass is 10.2. The summed E-state index contributed by atoms with van der Waals surface area (Å²) in [6, 6.07) is 2.11. The van der Waals surface area contributed by atoms with Crippen LogP contribution in [0.25, 0.3) is 0 Å². The van der Waals surface area contributed by atoms with Crippen molar-refractivity contribution in [1.82, 2.24) is 15.3 Å². The number of aromatic amines is 1. The highest BCUT2D eigenvalue weighted by Gasteiger charge is 2.17. The minimum atomic E-state index is -0.889. The predicted octanol–water partition coefficient (Wildman–Crippen LogP) is 2.81. The van der Waals surface area contributed by atoms with E-state index in [1.54, 1.807) is 12.4 Å². The predicted molar refractivity (Wildman–Crippen MR) is 73.3 cm³/mol. The van der Waals surface area contributed by atoms with Gasteiger partial charge in [0.2, 0.25) is 0 Å². The number of hydrogen-bond acceptors (Lipinski definition) is 2. The van der Waals surface area contributed by atoms with Crippen LogP contribution < -0.4 is 5.32 Å². The van der Waals surface area contributed by atoms with Gasteiger partial charge in [-0.05, 0) is 18.6 Å². The van der Waals surface area contributed by atoms with Crippen molar-refractivity contribution in [2.24, 2.45) is 0 Å². The Balaban J connectivity index is 1.89. The van der Waals surface area contributed by atoms with E-state index in [4.69, 9.17) is 0 Å². The maximum atomic E-state index is 13.5. The number of nitrogens with one attached hydrogen (secondary N) is 2. The first-order valence-electron chi connectivity index (χ1n) is 5.99. The van der Waals surface area contributed by atoms with Gasteiger partial charge >= 0.3 is 0 Å². The van der Waals surface area contributed by atoms with E-state index in [2.05, 4.69) is 31.2 Å². The van der Waals surface area contributed by atoms with Crippen LogP contribution in [0.4, 0.5) is 8.78 Å². The molecule has 4 nitrogen and oxygen atoms in total. The second-order valence-corrected chi connectivity index (χ2v) is 5.06. The van der Waals surface area contributed by atoms with E-state index < -0.39 is 23.1 Å². The van der Waals surface area contributed by atoms with Crippen molar-refractivity contribution in [2.75, 3.05) is 6.54 Å². The Bertz CT molecular complexity index is 579. The van der Waals surface area contributed by atoms with Gasteiger partial charge in [-0.2, -0.15) is 0 Å². The van der Waals surface area contributed by atoms with E-state index in [0.29, 0.717) is 19.4 Å². The van der Waals surface area contributed by atoms with Crippen molar-refractivity contribution < 1.29 is 13.6 Å². The van der Waals surface area contributed by atoms with Crippen LogP contribution in [0.1, 0.15) is 22.6 Å². The number of H-pyrrole nitrogens is 1. The maximum absolute atomic E-state index is 13.5. The number of benzene rings is 1. The molecule has 0 atom stereocenters. The summed E-state index contributed by atoms with van der Waals surface area (Å²) in [5.74, 6) is -1.73. The molecule has 1 aromatic carbocycles. The van der Waals surface area contributed by atoms with E-state index in [0.717, 1.165) is 18.0 Å². The Labute approximate surface area is 122 Å². The molecule has 20 heavy (non-hydrogen) atoms. The van der Waals surface area contributed by atoms with Crippen molar-refractivity contribution in [3.63, 3.8) is 0 Å². The standard InChI is InChI=1S/C13H12BrF2N3O/c14-8-6-9(15)12(10(16)7-8)13(20)19-3-1-2-11-17-4-5-18-11/h4-7H,1-3H2,(H,17,18)(H,19,20). The van der Waals surface area contributed by atoms with Crippen molar-refractivity contribution >= 4 is 21.8 Å². The zero-order valence-corrected chi connectivity index (χ0v) is 12.0. The zero-order chi connectivity index (χ0) is 14.5. The normalized spacial score (nSPS) is 10.6. The average Bonchev–Trinajstić information content (AvgIpc) is 2.86. The summed E-state index contributed by atoms with van der Waals surface area (Å²) in [4.78, 5) is 18.7. The fourth-order valence-electron chi connectivity index (χ4n) is 1.74. The molecule has 0 aliphatic rings. The highest BCUT2D eigenvalue weighted by atomic mass is 79.9. The first-order valence-corrected chi connectivity index (χ1v) is 6.78. The molecule has 106 valence electrons. The lowest BCUT2D eigenvalue weighted by molar-refractivity contribution is 0.0944. The zero-order valence-electron chi connectivity index (χ0n) is 10.4. The van der Waals surface area contributed by atoms with E-state index in [-0.39, 0.29) is 4.47 Å². The molecule has 0 radical (unpaired) electrons. The van der Waals surface area contributed by atoms with Crippen LogP contribution in [0.5, 0.6) is 0 Å². The number of halogens is 3. The Morgan fingerprint density at radius 1 is 1.35 bits per heavy atom. The van der Waals surface area contributed by atoms with Gasteiger partial charge < -0.3 is 10.3 Å². The molecule has 1 aromatic heterocycles. The SMILES string of the molecule is O=C(NCCCc1ncc[nH]1)c1c(F)cc(Br)cc1F. The van der Waals surface area contributed by atoms with Crippen LogP contribution in [-0.2, 0) is 6.42 Å². The number of rotatable bonds is 5. The number of aryl methyl sites for hydroxylation is 1. The van der Waals surface area contributed by atoms with Gasteiger partial charge in [-0.15, -0.1) is 0 Å². The number of hydrogen-bond donors (Lipinski definition) is 2. The molecule has 0 unspecified atom stereocenters. The average molecular weight is 344 g/mol. The highest BCUT2D eigenvalue weighted by molar-refractivity contribution is 9.10. The molecule has 0 aliphatic carbocycles. The van der Waals surface area contributed by atoms with Gasteiger partial charge in [0, 0.05) is 29.8 Å². The molecule has 1 heterocycles. The first kappa shape index (κ1) is 14.6. The van der Waals surface area contributed by atoms with Gasteiger partial charge in [0.25, 0.3) is 5.91 Å². The van der Waals surface area contributed by atoms with E-state index in [9.17, 15) is 13.6 Å². The smallest absolute Gasteiger partial charge is 0.257 e. The highest BCUT2D eigenvalue weighted by Crippen LogP contribution is 2.19. The fraction of sp³-hybridized carbons (Fsp3) is 0.231. The van der Waals surface area contributed by atoms with Crippen LogP contribution in [0.15, 0.2) is 29.0 Å². The lowest BCUT2D eigenvalue weighted by Crippen LogP contribution is -2.26. The van der Waals surface area contributed by atoms with Crippen LogP contribution in [-0.4, -0.2) is 22.4 Å². The largest absolute Gasteiger partial charge is 0.352 e. The van der Waals surface area contributed by atoms with E-state index in [1.807, 2.05) is 0 Å². The van der Waals surface area contributed by atoms with Crippen molar-refractivity contribution in [3.8, 4) is 0 Å². The van der Waals surface area contributed by atoms with Gasteiger partial charge in [0.15, 0.2) is 0 Å². The molecular weight excluding hydrogens is 332 g/mol. The second-order valence-electron chi connectivity index (χ2n) is 4.14. The number of amides is 1. The van der Waals surface area contributed by atoms with Crippen LogP contribution in [0, 0.1) is 11.6 Å². The molecule has 2 rings (SSSR count). The molecule has 0 saturated heterocycles. The molecule has 1 amide bonds. The minimum absolute atomic E-state index is 0.252. The number of carbonyl (C=O) groups is 1. The molecule has 2 aromatic rings. The molecule has 0 spiro atoms. The number of carbonyl (C=O) groups excluding carboxylic acids is 1. The third-order valence-corrected chi connectivity index (χ3v) is 3.12. The summed E-state index contributed by atoms with van der Waals surface area (Å²) >= 11 is 2.96. The minimum Gasteiger partial charge on any atom is -0.352 e. The van der Waals surface area contributed by atoms with Gasteiger partial charge in [-0.1, -0.05) is 15.9 Å². The summed E-state index contributed by atoms with van der Waals surface area (Å²) < 4.78 is 27.3. The lowest BCUT2D eigenvalue weighted by Gasteiger charge is -2.07. The van der Waals surface area contributed by atoms with Crippen molar-refractivity contribution in [2.45, 2.75) is 12.8 Å². The maximum Gasteiger partial charge on any atom is 0.257 e. The summed E-state index contributed by atoms with van der Waals surface area (Å²) in [7, 11) is 0. The second kappa shape index (κ2) is 6.60. The summed E-state index contributed by atoms with van der Waals surface area (Å²) in [5, 5.41) is 2.49. The monoisotopic (exact) mass is 343 g/mol. The van der Waals surface area contributed by atoms with Crippen molar-refractivity contribution in [3.05, 3.63) is 52.0 Å². The van der Waals surface area contributed by atoms with Crippen LogP contribution >= 0.6 is 15.9 Å². The third-order valence-electron chi connectivity index (χ3n) is 2.66. The van der Waals surface area contributed by atoms with Crippen LogP contribution in [0.2, 0.25) is 0 Å². The first-order chi connectivity index (χ1) is 9.58. The van der Waals surface area contributed by atoms with Crippen LogP contribution in [0.3, 0.4) is 0 Å². The Kier molecular flexibility index (Phi) is 4.84. The molecular formula is C13H12BrF2N3O.